The lowest BCUT2D eigenvalue weighted by Gasteiger charge is -2.07. The van der Waals surface area contributed by atoms with E-state index >= 15 is 0 Å². The first-order chi connectivity index (χ1) is 7.61. The Morgan fingerprint density at radius 1 is 1.44 bits per heavy atom. The standard InChI is InChI=1S/C14H17NO/c1-4-12(3)15-14(16)10-9-13-7-5-11(2)6-8-13/h1,5-8,12H,9-10H2,2-3H3,(H,15,16). The van der Waals surface area contributed by atoms with Gasteiger partial charge in [0.1, 0.15) is 0 Å². The zero-order chi connectivity index (χ0) is 12.0. The lowest BCUT2D eigenvalue weighted by molar-refractivity contribution is -0.121. The largest absolute Gasteiger partial charge is 0.343 e. The summed E-state index contributed by atoms with van der Waals surface area (Å²) in [6.07, 6.45) is 6.41. The highest BCUT2D eigenvalue weighted by atomic mass is 16.1. The Balaban J connectivity index is 2.38. The SMILES string of the molecule is C#CC(C)NC(=O)CCc1ccc(C)cc1. The van der Waals surface area contributed by atoms with Gasteiger partial charge >= 0.3 is 0 Å². The van der Waals surface area contributed by atoms with Crippen LogP contribution in [-0.2, 0) is 11.2 Å². The second-order valence-corrected chi connectivity index (χ2v) is 3.94. The average molecular weight is 215 g/mol. The summed E-state index contributed by atoms with van der Waals surface area (Å²) in [5.74, 6) is 2.48. The number of aryl methyl sites for hydroxylation is 2. The number of carbonyl (C=O) groups excluding carboxylic acids is 1. The number of rotatable bonds is 4. The first-order valence-electron chi connectivity index (χ1n) is 5.43. The van der Waals surface area contributed by atoms with Gasteiger partial charge in [0.25, 0.3) is 0 Å². The average Bonchev–Trinajstić information content (AvgIpc) is 2.28. The van der Waals surface area contributed by atoms with Gasteiger partial charge in [0.2, 0.25) is 5.91 Å². The van der Waals surface area contributed by atoms with E-state index in [1.54, 1.807) is 6.92 Å². The van der Waals surface area contributed by atoms with E-state index in [1.807, 2.05) is 19.1 Å². The number of benzene rings is 1. The van der Waals surface area contributed by atoms with Gasteiger partial charge in [-0.1, -0.05) is 35.7 Å². The second-order valence-electron chi connectivity index (χ2n) is 3.94. The molecule has 0 aliphatic rings. The third-order valence-electron chi connectivity index (χ3n) is 2.39. The van der Waals surface area contributed by atoms with E-state index in [2.05, 4.69) is 23.4 Å². The maximum atomic E-state index is 11.4. The van der Waals surface area contributed by atoms with Crippen molar-refractivity contribution in [3.8, 4) is 12.3 Å². The Hall–Kier alpha value is -1.75. The zero-order valence-corrected chi connectivity index (χ0v) is 9.79. The third kappa shape index (κ3) is 4.18. The molecule has 0 saturated carbocycles. The summed E-state index contributed by atoms with van der Waals surface area (Å²) < 4.78 is 0. The summed E-state index contributed by atoms with van der Waals surface area (Å²) in [5.41, 5.74) is 2.41. The smallest absolute Gasteiger partial charge is 0.221 e. The number of carbonyl (C=O) groups is 1. The Labute approximate surface area is 97.1 Å². The summed E-state index contributed by atoms with van der Waals surface area (Å²) in [6.45, 7) is 3.84. The molecule has 2 nitrogen and oxygen atoms in total. The van der Waals surface area contributed by atoms with Crippen molar-refractivity contribution >= 4 is 5.91 Å². The maximum Gasteiger partial charge on any atom is 0.221 e. The van der Waals surface area contributed by atoms with Crippen LogP contribution in [0.25, 0.3) is 0 Å². The van der Waals surface area contributed by atoms with Crippen LogP contribution in [0, 0.1) is 19.3 Å². The fraction of sp³-hybridized carbons (Fsp3) is 0.357. The van der Waals surface area contributed by atoms with Crippen molar-refractivity contribution in [2.24, 2.45) is 0 Å². The Bertz CT molecular complexity index is 386. The van der Waals surface area contributed by atoms with Crippen molar-refractivity contribution in [2.45, 2.75) is 32.7 Å². The molecule has 2 heteroatoms. The Morgan fingerprint density at radius 2 is 2.06 bits per heavy atom. The molecular formula is C14H17NO. The van der Waals surface area contributed by atoms with Gasteiger partial charge in [-0.25, -0.2) is 0 Å². The molecule has 1 atom stereocenters. The molecule has 1 unspecified atom stereocenters. The van der Waals surface area contributed by atoms with Crippen molar-refractivity contribution in [1.29, 1.82) is 0 Å². The molecular weight excluding hydrogens is 198 g/mol. The molecule has 0 spiro atoms. The number of hydrogen-bond acceptors (Lipinski definition) is 1. The van der Waals surface area contributed by atoms with E-state index < -0.39 is 0 Å². The molecule has 0 aromatic heterocycles. The fourth-order valence-corrected chi connectivity index (χ4v) is 1.37. The van der Waals surface area contributed by atoms with Gasteiger partial charge in [0.15, 0.2) is 0 Å². The Kier molecular flexibility index (Phi) is 4.60. The molecule has 0 bridgehead atoms. The van der Waals surface area contributed by atoms with E-state index in [-0.39, 0.29) is 11.9 Å². The van der Waals surface area contributed by atoms with Crippen LogP contribution in [0.2, 0.25) is 0 Å². The maximum absolute atomic E-state index is 11.4. The normalized spacial score (nSPS) is 11.6. The van der Waals surface area contributed by atoms with Crippen molar-refractivity contribution in [3.63, 3.8) is 0 Å². The first kappa shape index (κ1) is 12.3. The molecule has 0 heterocycles. The fourth-order valence-electron chi connectivity index (χ4n) is 1.37. The molecule has 0 saturated heterocycles. The molecule has 84 valence electrons. The van der Waals surface area contributed by atoms with Gasteiger partial charge in [0.05, 0.1) is 6.04 Å². The van der Waals surface area contributed by atoms with E-state index in [0.717, 1.165) is 6.42 Å². The van der Waals surface area contributed by atoms with E-state index in [4.69, 9.17) is 6.42 Å². The summed E-state index contributed by atoms with van der Waals surface area (Å²) in [5, 5.41) is 2.74. The minimum Gasteiger partial charge on any atom is -0.343 e. The van der Waals surface area contributed by atoms with Crippen LogP contribution in [0.4, 0.5) is 0 Å². The predicted octanol–water partition coefficient (Wildman–Crippen LogP) is 2.07. The van der Waals surface area contributed by atoms with Crippen molar-refractivity contribution in [3.05, 3.63) is 35.4 Å². The molecule has 0 radical (unpaired) electrons. The molecule has 1 aromatic rings. The summed E-state index contributed by atoms with van der Waals surface area (Å²) in [4.78, 5) is 11.4. The van der Waals surface area contributed by atoms with E-state index in [9.17, 15) is 4.79 Å². The monoisotopic (exact) mass is 215 g/mol. The van der Waals surface area contributed by atoms with Gasteiger partial charge in [-0.05, 0) is 25.8 Å². The molecule has 0 fully saturated rings. The molecule has 0 aliphatic carbocycles. The lowest BCUT2D eigenvalue weighted by atomic mass is 10.1. The van der Waals surface area contributed by atoms with Gasteiger partial charge in [0, 0.05) is 6.42 Å². The van der Waals surface area contributed by atoms with Crippen LogP contribution >= 0.6 is 0 Å². The molecule has 0 aliphatic heterocycles. The number of terminal acetylenes is 1. The van der Waals surface area contributed by atoms with Gasteiger partial charge in [-0.15, -0.1) is 6.42 Å². The third-order valence-corrected chi connectivity index (χ3v) is 2.39. The highest BCUT2D eigenvalue weighted by molar-refractivity contribution is 5.76. The lowest BCUT2D eigenvalue weighted by Crippen LogP contribution is -2.31. The highest BCUT2D eigenvalue weighted by Gasteiger charge is 2.04. The van der Waals surface area contributed by atoms with Crippen LogP contribution in [0.5, 0.6) is 0 Å². The Morgan fingerprint density at radius 3 is 2.62 bits per heavy atom. The van der Waals surface area contributed by atoms with Gasteiger partial charge in [-0.2, -0.15) is 0 Å². The van der Waals surface area contributed by atoms with Crippen LogP contribution < -0.4 is 5.32 Å². The summed E-state index contributed by atoms with van der Waals surface area (Å²) >= 11 is 0. The number of hydrogen-bond donors (Lipinski definition) is 1. The van der Waals surface area contributed by atoms with Crippen molar-refractivity contribution < 1.29 is 4.79 Å². The molecule has 1 amide bonds. The quantitative estimate of drug-likeness (QED) is 0.765. The molecule has 16 heavy (non-hydrogen) atoms. The zero-order valence-electron chi connectivity index (χ0n) is 9.79. The summed E-state index contributed by atoms with van der Waals surface area (Å²) in [6, 6.07) is 8.01. The van der Waals surface area contributed by atoms with Crippen LogP contribution in [0.1, 0.15) is 24.5 Å². The second kappa shape index (κ2) is 5.97. The van der Waals surface area contributed by atoms with Gasteiger partial charge < -0.3 is 5.32 Å². The predicted molar refractivity (Wildman–Crippen MR) is 65.9 cm³/mol. The van der Waals surface area contributed by atoms with E-state index in [0.29, 0.717) is 6.42 Å². The van der Waals surface area contributed by atoms with Crippen LogP contribution in [0.3, 0.4) is 0 Å². The van der Waals surface area contributed by atoms with Crippen molar-refractivity contribution in [1.82, 2.24) is 5.32 Å². The number of nitrogens with one attached hydrogen (secondary N) is 1. The molecule has 1 aromatic carbocycles. The highest BCUT2D eigenvalue weighted by Crippen LogP contribution is 2.05. The minimum absolute atomic E-state index is 0.00558. The minimum atomic E-state index is -0.189. The van der Waals surface area contributed by atoms with Crippen LogP contribution in [-0.4, -0.2) is 11.9 Å². The summed E-state index contributed by atoms with van der Waals surface area (Å²) in [7, 11) is 0. The number of amides is 1. The van der Waals surface area contributed by atoms with E-state index in [1.165, 1.54) is 11.1 Å². The first-order valence-corrected chi connectivity index (χ1v) is 5.43. The molecule has 1 N–H and O–H groups in total. The molecule has 1 rings (SSSR count). The van der Waals surface area contributed by atoms with Crippen molar-refractivity contribution in [2.75, 3.05) is 0 Å². The van der Waals surface area contributed by atoms with Gasteiger partial charge in [-0.3, -0.25) is 4.79 Å². The van der Waals surface area contributed by atoms with Crippen LogP contribution in [0.15, 0.2) is 24.3 Å². The topological polar surface area (TPSA) is 29.1 Å².